The summed E-state index contributed by atoms with van der Waals surface area (Å²) in [7, 11) is 0. The fourth-order valence-electron chi connectivity index (χ4n) is 1.98. The Morgan fingerprint density at radius 3 is 2.86 bits per heavy atom. The van der Waals surface area contributed by atoms with E-state index < -0.39 is 0 Å². The van der Waals surface area contributed by atoms with Gasteiger partial charge in [-0.1, -0.05) is 42.5 Å². The fourth-order valence-corrected chi connectivity index (χ4v) is 1.98. The quantitative estimate of drug-likeness (QED) is 0.617. The van der Waals surface area contributed by atoms with Crippen LogP contribution in [0.3, 0.4) is 0 Å². The molecule has 21 heavy (non-hydrogen) atoms. The Morgan fingerprint density at radius 2 is 2.05 bits per heavy atom. The number of hydrogen-bond donors (Lipinski definition) is 0. The van der Waals surface area contributed by atoms with Crippen LogP contribution >= 0.6 is 0 Å². The van der Waals surface area contributed by atoms with Crippen molar-refractivity contribution in [2.75, 3.05) is 13.2 Å². The lowest BCUT2D eigenvalue weighted by Gasteiger charge is -2.08. The Kier molecular flexibility index (Phi) is 5.76. The van der Waals surface area contributed by atoms with Gasteiger partial charge < -0.3 is 9.47 Å². The first kappa shape index (κ1) is 15.0. The average Bonchev–Trinajstić information content (AvgIpc) is 2.72. The molecule has 0 amide bonds. The Bertz CT molecular complexity index is 531. The summed E-state index contributed by atoms with van der Waals surface area (Å²) < 4.78 is 10.1. The first-order chi connectivity index (χ1) is 10.3. The molecule has 1 aliphatic heterocycles. The topological polar surface area (TPSA) is 52.6 Å². The van der Waals surface area contributed by atoms with Crippen molar-refractivity contribution in [2.45, 2.75) is 12.8 Å². The van der Waals surface area contributed by atoms with Gasteiger partial charge in [-0.3, -0.25) is 4.79 Å². The van der Waals surface area contributed by atoms with Gasteiger partial charge in [0.15, 0.2) is 0 Å². The number of carbonyl (C=O) groups excluding carboxylic acids is 2. The van der Waals surface area contributed by atoms with Crippen LogP contribution in [-0.2, 0) is 14.3 Å². The van der Waals surface area contributed by atoms with Gasteiger partial charge >= 0.3 is 11.9 Å². The minimum absolute atomic E-state index is 0.148. The van der Waals surface area contributed by atoms with Gasteiger partial charge in [0.2, 0.25) is 0 Å². The second-order valence-corrected chi connectivity index (χ2v) is 4.71. The van der Waals surface area contributed by atoms with Crippen LogP contribution in [0, 0.1) is 5.92 Å². The lowest BCUT2D eigenvalue weighted by molar-refractivity contribution is -0.146. The third-order valence-corrected chi connectivity index (χ3v) is 3.15. The molecule has 0 aromatic heterocycles. The van der Waals surface area contributed by atoms with E-state index in [-0.39, 0.29) is 24.5 Å². The highest BCUT2D eigenvalue weighted by atomic mass is 16.5. The second-order valence-electron chi connectivity index (χ2n) is 4.71. The standard InChI is InChI=1S/C17H18O4/c18-16(14-8-2-1-3-9-14)20-12-6-4-10-15-11-5-7-13-21-17(15)19/h1-9,15H,10-13H2/b6-4+. The zero-order valence-electron chi connectivity index (χ0n) is 11.7. The summed E-state index contributed by atoms with van der Waals surface area (Å²) in [4.78, 5) is 23.3. The number of ether oxygens (including phenoxy) is 2. The van der Waals surface area contributed by atoms with Crippen molar-refractivity contribution < 1.29 is 19.1 Å². The van der Waals surface area contributed by atoms with E-state index in [0.29, 0.717) is 25.0 Å². The van der Waals surface area contributed by atoms with Crippen molar-refractivity contribution in [1.29, 1.82) is 0 Å². The summed E-state index contributed by atoms with van der Waals surface area (Å²) >= 11 is 0. The zero-order valence-corrected chi connectivity index (χ0v) is 11.7. The van der Waals surface area contributed by atoms with Crippen LogP contribution in [0.2, 0.25) is 0 Å². The normalized spacial score (nSPS) is 18.3. The molecule has 110 valence electrons. The number of esters is 2. The summed E-state index contributed by atoms with van der Waals surface area (Å²) in [6.45, 7) is 0.555. The molecule has 1 unspecified atom stereocenters. The van der Waals surface area contributed by atoms with Crippen LogP contribution in [0.1, 0.15) is 23.2 Å². The van der Waals surface area contributed by atoms with E-state index in [0.717, 1.165) is 0 Å². The van der Waals surface area contributed by atoms with Crippen molar-refractivity contribution >= 4 is 11.9 Å². The van der Waals surface area contributed by atoms with Crippen LogP contribution in [-0.4, -0.2) is 25.2 Å². The SMILES string of the molecule is O=C(OC/C=C/CC1CC=CCOC1=O)c1ccccc1. The van der Waals surface area contributed by atoms with Crippen LogP contribution < -0.4 is 0 Å². The smallest absolute Gasteiger partial charge is 0.338 e. The second kappa shape index (κ2) is 8.04. The number of allylic oxidation sites excluding steroid dienone is 2. The van der Waals surface area contributed by atoms with Gasteiger partial charge in [0, 0.05) is 0 Å². The van der Waals surface area contributed by atoms with Crippen LogP contribution in [0.15, 0.2) is 54.6 Å². The van der Waals surface area contributed by atoms with Crippen LogP contribution in [0.5, 0.6) is 0 Å². The van der Waals surface area contributed by atoms with Gasteiger partial charge in [-0.05, 0) is 25.0 Å². The highest BCUT2D eigenvalue weighted by molar-refractivity contribution is 5.89. The van der Waals surface area contributed by atoms with E-state index in [1.807, 2.05) is 24.3 Å². The molecule has 2 rings (SSSR count). The van der Waals surface area contributed by atoms with Crippen LogP contribution in [0.4, 0.5) is 0 Å². The number of cyclic esters (lactones) is 1. The van der Waals surface area contributed by atoms with E-state index in [1.54, 1.807) is 30.3 Å². The summed E-state index contributed by atoms with van der Waals surface area (Å²) in [5, 5.41) is 0. The van der Waals surface area contributed by atoms with E-state index in [9.17, 15) is 9.59 Å². The predicted octanol–water partition coefficient (Wildman–Crippen LogP) is 2.91. The van der Waals surface area contributed by atoms with Crippen molar-refractivity contribution in [3.63, 3.8) is 0 Å². The van der Waals surface area contributed by atoms with E-state index in [2.05, 4.69) is 0 Å². The Morgan fingerprint density at radius 1 is 1.24 bits per heavy atom. The molecule has 1 heterocycles. The maximum Gasteiger partial charge on any atom is 0.338 e. The van der Waals surface area contributed by atoms with Crippen molar-refractivity contribution in [3.8, 4) is 0 Å². The molecule has 0 bridgehead atoms. The molecule has 0 saturated heterocycles. The molecule has 1 aromatic rings. The summed E-state index contributed by atoms with van der Waals surface area (Å²) in [5.74, 6) is -0.673. The molecular weight excluding hydrogens is 268 g/mol. The lowest BCUT2D eigenvalue weighted by atomic mass is 10.0. The Labute approximate surface area is 124 Å². The third kappa shape index (κ3) is 4.91. The molecule has 0 saturated carbocycles. The maximum atomic E-state index is 11.7. The molecule has 1 aromatic carbocycles. The predicted molar refractivity (Wildman–Crippen MR) is 78.7 cm³/mol. The van der Waals surface area contributed by atoms with E-state index in [4.69, 9.17) is 9.47 Å². The molecule has 0 fully saturated rings. The number of benzene rings is 1. The van der Waals surface area contributed by atoms with Gasteiger partial charge in [0.05, 0.1) is 11.5 Å². The molecule has 1 aliphatic rings. The first-order valence-corrected chi connectivity index (χ1v) is 6.96. The molecular formula is C17H18O4. The molecule has 0 N–H and O–H groups in total. The number of carbonyl (C=O) groups is 2. The third-order valence-electron chi connectivity index (χ3n) is 3.15. The molecule has 0 aliphatic carbocycles. The first-order valence-electron chi connectivity index (χ1n) is 6.96. The van der Waals surface area contributed by atoms with E-state index in [1.165, 1.54) is 0 Å². The summed E-state index contributed by atoms with van der Waals surface area (Å²) in [6.07, 6.45) is 8.69. The summed E-state index contributed by atoms with van der Waals surface area (Å²) in [6, 6.07) is 8.84. The minimum atomic E-state index is -0.350. The molecule has 1 atom stereocenters. The highest BCUT2D eigenvalue weighted by Gasteiger charge is 2.18. The maximum absolute atomic E-state index is 11.7. The lowest BCUT2D eigenvalue weighted by Crippen LogP contribution is -2.15. The number of hydrogen-bond acceptors (Lipinski definition) is 4. The minimum Gasteiger partial charge on any atom is -0.461 e. The Hall–Kier alpha value is -2.36. The summed E-state index contributed by atoms with van der Waals surface area (Å²) in [5.41, 5.74) is 0.531. The molecule has 4 nitrogen and oxygen atoms in total. The van der Waals surface area contributed by atoms with E-state index >= 15 is 0 Å². The van der Waals surface area contributed by atoms with Gasteiger partial charge in [0.25, 0.3) is 0 Å². The highest BCUT2D eigenvalue weighted by Crippen LogP contribution is 2.15. The molecule has 0 spiro atoms. The van der Waals surface area contributed by atoms with Gasteiger partial charge in [-0.15, -0.1) is 0 Å². The van der Waals surface area contributed by atoms with Crippen molar-refractivity contribution in [3.05, 3.63) is 60.2 Å². The number of rotatable bonds is 5. The van der Waals surface area contributed by atoms with Crippen molar-refractivity contribution in [1.82, 2.24) is 0 Å². The van der Waals surface area contributed by atoms with Gasteiger partial charge in [0.1, 0.15) is 13.2 Å². The van der Waals surface area contributed by atoms with Crippen molar-refractivity contribution in [2.24, 2.45) is 5.92 Å². The van der Waals surface area contributed by atoms with Gasteiger partial charge in [-0.2, -0.15) is 0 Å². The molecule has 4 heteroatoms. The monoisotopic (exact) mass is 286 g/mol. The molecule has 0 radical (unpaired) electrons. The van der Waals surface area contributed by atoms with Gasteiger partial charge in [-0.25, -0.2) is 4.79 Å². The Balaban J connectivity index is 1.72. The largest absolute Gasteiger partial charge is 0.461 e. The van der Waals surface area contributed by atoms with Crippen LogP contribution in [0.25, 0.3) is 0 Å². The zero-order chi connectivity index (χ0) is 14.9. The average molecular weight is 286 g/mol. The fraction of sp³-hybridized carbons (Fsp3) is 0.294.